The molecule has 4 rings (SSSR count). The van der Waals surface area contributed by atoms with E-state index in [1.165, 1.54) is 39.0 Å². The summed E-state index contributed by atoms with van der Waals surface area (Å²) in [7, 11) is 0. The van der Waals surface area contributed by atoms with Crippen molar-refractivity contribution in [2.24, 2.45) is 29.1 Å². The van der Waals surface area contributed by atoms with Gasteiger partial charge in [0.2, 0.25) is 0 Å². The highest BCUT2D eigenvalue weighted by Gasteiger charge is 2.69. The number of carbonyl (C=O) groups is 2. The average molecular weight is 371 g/mol. The van der Waals surface area contributed by atoms with Crippen molar-refractivity contribution < 1.29 is 14.3 Å². The van der Waals surface area contributed by atoms with Crippen LogP contribution in [0.15, 0.2) is 23.8 Å². The molecule has 0 aromatic carbocycles. The zero-order chi connectivity index (χ0) is 19.4. The lowest BCUT2D eigenvalue weighted by atomic mass is 9.49. The molecule has 0 saturated heterocycles. The summed E-state index contributed by atoms with van der Waals surface area (Å²) in [6.45, 7) is 9.52. The molecular formula is C24H34O3. The fraction of sp³-hybridized carbons (Fsp3) is 0.750. The Bertz CT molecular complexity index is 704. The Labute approximate surface area is 163 Å². The number of hydrogen-bond acceptors (Lipinski definition) is 3. The Balaban J connectivity index is 1.76. The molecule has 0 N–H and O–H groups in total. The predicted molar refractivity (Wildman–Crippen MR) is 106 cm³/mol. The second kappa shape index (κ2) is 6.60. The van der Waals surface area contributed by atoms with Gasteiger partial charge in [-0.05, 0) is 94.0 Å². The molecule has 148 valence electrons. The highest BCUT2D eigenvalue weighted by atomic mass is 16.6. The first-order valence-corrected chi connectivity index (χ1v) is 10.9. The fourth-order valence-electron chi connectivity index (χ4n) is 7.81. The van der Waals surface area contributed by atoms with Crippen LogP contribution in [-0.2, 0) is 14.3 Å². The standard InChI is InChI=1S/C24H34O3/c1-5-23-13-12-20-19-9-7-6-8-18(19)10-11-21(20)22(23)14-15(2)24(23,16(3)25)27-17(4)26/h8,19-22H,2,5-7,9-14H2,1,3-4H3/t19-,20+,21+,22-,23-,24-/m0/s1. The van der Waals surface area contributed by atoms with E-state index in [2.05, 4.69) is 19.6 Å². The van der Waals surface area contributed by atoms with Gasteiger partial charge < -0.3 is 4.74 Å². The predicted octanol–water partition coefficient (Wildman–Crippen LogP) is 5.40. The van der Waals surface area contributed by atoms with Gasteiger partial charge in [-0.2, -0.15) is 0 Å². The molecule has 0 aromatic heterocycles. The highest BCUT2D eigenvalue weighted by molar-refractivity contribution is 5.92. The first-order chi connectivity index (χ1) is 12.9. The first-order valence-electron chi connectivity index (χ1n) is 10.9. The molecule has 0 aromatic rings. The minimum Gasteiger partial charge on any atom is -0.446 e. The minimum absolute atomic E-state index is 0.0282. The van der Waals surface area contributed by atoms with Crippen molar-refractivity contribution in [1.29, 1.82) is 0 Å². The number of ether oxygens (including phenoxy) is 1. The van der Waals surface area contributed by atoms with Crippen LogP contribution in [0.5, 0.6) is 0 Å². The average Bonchev–Trinajstić information content (AvgIpc) is 2.90. The van der Waals surface area contributed by atoms with Crippen LogP contribution in [0, 0.1) is 29.1 Å². The Morgan fingerprint density at radius 3 is 2.67 bits per heavy atom. The van der Waals surface area contributed by atoms with E-state index >= 15 is 0 Å². The van der Waals surface area contributed by atoms with Gasteiger partial charge in [0.1, 0.15) is 0 Å². The van der Waals surface area contributed by atoms with E-state index in [1.807, 2.05) is 0 Å². The molecule has 6 atom stereocenters. The Hall–Kier alpha value is -1.38. The Morgan fingerprint density at radius 1 is 1.22 bits per heavy atom. The second-order valence-electron chi connectivity index (χ2n) is 9.48. The van der Waals surface area contributed by atoms with Crippen molar-refractivity contribution in [3.63, 3.8) is 0 Å². The van der Waals surface area contributed by atoms with Gasteiger partial charge in [0.15, 0.2) is 11.4 Å². The lowest BCUT2D eigenvalue weighted by Gasteiger charge is -2.56. The van der Waals surface area contributed by atoms with Gasteiger partial charge in [-0.1, -0.05) is 25.2 Å². The van der Waals surface area contributed by atoms with E-state index in [4.69, 9.17) is 4.74 Å². The van der Waals surface area contributed by atoms with Crippen molar-refractivity contribution in [2.75, 3.05) is 0 Å². The second-order valence-corrected chi connectivity index (χ2v) is 9.48. The summed E-state index contributed by atoms with van der Waals surface area (Å²) in [5, 5.41) is 0. The number of allylic oxidation sites excluding steroid dienone is 2. The third-order valence-corrected chi connectivity index (χ3v) is 8.67. The number of hydrogen-bond donors (Lipinski definition) is 0. The number of carbonyl (C=O) groups excluding carboxylic acids is 2. The molecule has 0 radical (unpaired) electrons. The van der Waals surface area contributed by atoms with Gasteiger partial charge in [-0.25, -0.2) is 0 Å². The quantitative estimate of drug-likeness (QED) is 0.494. The maximum absolute atomic E-state index is 13.0. The van der Waals surface area contributed by atoms with Crippen LogP contribution in [0.2, 0.25) is 0 Å². The maximum atomic E-state index is 13.0. The lowest BCUT2D eigenvalue weighted by Crippen LogP contribution is -2.59. The summed E-state index contributed by atoms with van der Waals surface area (Å²) < 4.78 is 5.92. The minimum atomic E-state index is -1.11. The molecule has 0 amide bonds. The van der Waals surface area contributed by atoms with Crippen molar-refractivity contribution >= 4 is 11.8 Å². The molecule has 0 heterocycles. The number of fused-ring (bicyclic) bond motifs is 5. The smallest absolute Gasteiger partial charge is 0.303 e. The number of Topliss-reactive ketones (excluding diaryl/α,β-unsaturated/α-hetero) is 1. The SMILES string of the molecule is C=C1C[C@H]2[C@@H]3CCC4=CCCC[C@@H]4[C@H]3CC[C@]2(CC)[C@@]1(OC(C)=O)C(C)=O. The molecule has 3 saturated carbocycles. The number of esters is 1. The van der Waals surface area contributed by atoms with E-state index in [0.717, 1.165) is 43.1 Å². The van der Waals surface area contributed by atoms with Crippen molar-refractivity contribution in [3.05, 3.63) is 23.8 Å². The molecule has 0 bridgehead atoms. The monoisotopic (exact) mass is 370 g/mol. The van der Waals surface area contributed by atoms with E-state index in [1.54, 1.807) is 12.5 Å². The summed E-state index contributed by atoms with van der Waals surface area (Å²) in [6, 6.07) is 0. The Morgan fingerprint density at radius 2 is 2.00 bits per heavy atom. The summed E-state index contributed by atoms with van der Waals surface area (Å²) in [5.74, 6) is 2.15. The van der Waals surface area contributed by atoms with E-state index in [9.17, 15) is 9.59 Å². The molecular weight excluding hydrogens is 336 g/mol. The normalized spacial score (nSPS) is 43.2. The zero-order valence-corrected chi connectivity index (χ0v) is 17.2. The summed E-state index contributed by atoms with van der Waals surface area (Å²) in [6.07, 6.45) is 12.7. The van der Waals surface area contributed by atoms with E-state index in [-0.39, 0.29) is 17.2 Å². The number of ketones is 1. The van der Waals surface area contributed by atoms with Crippen LogP contribution in [-0.4, -0.2) is 17.4 Å². The zero-order valence-electron chi connectivity index (χ0n) is 17.2. The lowest BCUT2D eigenvalue weighted by molar-refractivity contribution is -0.183. The van der Waals surface area contributed by atoms with Crippen LogP contribution in [0.25, 0.3) is 0 Å². The largest absolute Gasteiger partial charge is 0.446 e. The van der Waals surface area contributed by atoms with E-state index < -0.39 is 5.60 Å². The van der Waals surface area contributed by atoms with Crippen LogP contribution in [0.3, 0.4) is 0 Å². The molecule has 0 aliphatic heterocycles. The van der Waals surface area contributed by atoms with Crippen LogP contribution < -0.4 is 0 Å². The topological polar surface area (TPSA) is 43.4 Å². The molecule has 0 unspecified atom stereocenters. The third-order valence-electron chi connectivity index (χ3n) is 8.67. The maximum Gasteiger partial charge on any atom is 0.303 e. The van der Waals surface area contributed by atoms with Gasteiger partial charge >= 0.3 is 5.97 Å². The van der Waals surface area contributed by atoms with Crippen LogP contribution >= 0.6 is 0 Å². The van der Waals surface area contributed by atoms with Gasteiger partial charge in [-0.3, -0.25) is 9.59 Å². The van der Waals surface area contributed by atoms with Gasteiger partial charge in [0.25, 0.3) is 0 Å². The molecule has 3 heteroatoms. The van der Waals surface area contributed by atoms with Crippen molar-refractivity contribution in [1.82, 2.24) is 0 Å². The van der Waals surface area contributed by atoms with E-state index in [0.29, 0.717) is 11.8 Å². The van der Waals surface area contributed by atoms with Gasteiger partial charge in [-0.15, -0.1) is 0 Å². The fourth-order valence-corrected chi connectivity index (χ4v) is 7.81. The molecule has 4 aliphatic rings. The summed E-state index contributed by atoms with van der Waals surface area (Å²) >= 11 is 0. The van der Waals surface area contributed by atoms with Crippen LogP contribution in [0.4, 0.5) is 0 Å². The molecule has 0 spiro atoms. The third kappa shape index (κ3) is 2.46. The Kier molecular flexibility index (Phi) is 4.63. The van der Waals surface area contributed by atoms with Gasteiger partial charge in [0.05, 0.1) is 0 Å². The highest BCUT2D eigenvalue weighted by Crippen LogP contribution is 2.68. The summed E-state index contributed by atoms with van der Waals surface area (Å²) in [4.78, 5) is 25.0. The molecule has 4 aliphatic carbocycles. The van der Waals surface area contributed by atoms with Crippen LogP contribution in [0.1, 0.15) is 78.6 Å². The summed E-state index contributed by atoms with van der Waals surface area (Å²) in [5.41, 5.74) is 1.19. The van der Waals surface area contributed by atoms with Gasteiger partial charge in [0, 0.05) is 12.3 Å². The molecule has 3 nitrogen and oxygen atoms in total. The number of rotatable bonds is 3. The van der Waals surface area contributed by atoms with Crippen molar-refractivity contribution in [2.45, 2.75) is 84.2 Å². The first kappa shape index (κ1) is 19.0. The molecule has 3 fully saturated rings. The van der Waals surface area contributed by atoms with Crippen molar-refractivity contribution in [3.8, 4) is 0 Å². The molecule has 27 heavy (non-hydrogen) atoms.